The molecule has 0 saturated carbocycles. The first kappa shape index (κ1) is 14.3. The molecule has 102 valence electrons. The van der Waals surface area contributed by atoms with Crippen LogP contribution in [0.3, 0.4) is 0 Å². The van der Waals surface area contributed by atoms with Gasteiger partial charge in [-0.05, 0) is 31.5 Å². The fourth-order valence-corrected chi connectivity index (χ4v) is 2.36. The number of aromatic amines is 1. The SMILES string of the molecule is CC(NCCCc1ncn[nH]1)c1cccc(Cl)c1Cl. The maximum Gasteiger partial charge on any atom is 0.137 e. The van der Waals surface area contributed by atoms with E-state index in [1.807, 2.05) is 12.1 Å². The molecule has 1 aromatic heterocycles. The number of halogens is 2. The van der Waals surface area contributed by atoms with Gasteiger partial charge in [-0.25, -0.2) is 4.98 Å². The highest BCUT2D eigenvalue weighted by Crippen LogP contribution is 2.29. The standard InChI is InChI=1S/C13H16Cl2N4/c1-9(10-4-2-5-11(14)13(10)15)16-7-3-6-12-17-8-18-19-12/h2,4-5,8-9,16H,3,6-7H2,1H3,(H,17,18,19). The molecule has 1 atom stereocenters. The van der Waals surface area contributed by atoms with Crippen molar-refractivity contribution in [1.82, 2.24) is 20.5 Å². The van der Waals surface area contributed by atoms with E-state index >= 15 is 0 Å². The Labute approximate surface area is 122 Å². The maximum atomic E-state index is 6.19. The molecule has 1 heterocycles. The third-order valence-corrected chi connectivity index (χ3v) is 3.79. The summed E-state index contributed by atoms with van der Waals surface area (Å²) < 4.78 is 0. The minimum Gasteiger partial charge on any atom is -0.310 e. The molecule has 1 aromatic carbocycles. The first-order chi connectivity index (χ1) is 9.18. The van der Waals surface area contributed by atoms with Crippen LogP contribution in [0.4, 0.5) is 0 Å². The predicted octanol–water partition coefficient (Wildman–Crippen LogP) is 3.39. The zero-order valence-electron chi connectivity index (χ0n) is 10.7. The van der Waals surface area contributed by atoms with E-state index < -0.39 is 0 Å². The van der Waals surface area contributed by atoms with Crippen molar-refractivity contribution in [2.24, 2.45) is 0 Å². The summed E-state index contributed by atoms with van der Waals surface area (Å²) >= 11 is 12.2. The Hall–Kier alpha value is -1.10. The first-order valence-corrected chi connectivity index (χ1v) is 6.95. The number of nitrogens with one attached hydrogen (secondary N) is 2. The van der Waals surface area contributed by atoms with E-state index in [1.165, 1.54) is 6.33 Å². The van der Waals surface area contributed by atoms with E-state index in [0.717, 1.165) is 30.8 Å². The zero-order valence-corrected chi connectivity index (χ0v) is 12.2. The molecule has 19 heavy (non-hydrogen) atoms. The molecular weight excluding hydrogens is 283 g/mol. The summed E-state index contributed by atoms with van der Waals surface area (Å²) in [5.41, 5.74) is 1.02. The van der Waals surface area contributed by atoms with Gasteiger partial charge in [-0.3, -0.25) is 5.10 Å². The number of rotatable bonds is 6. The largest absolute Gasteiger partial charge is 0.310 e. The number of H-pyrrole nitrogens is 1. The molecular formula is C13H16Cl2N4. The Balaban J connectivity index is 1.81. The van der Waals surface area contributed by atoms with Crippen LogP contribution in [-0.4, -0.2) is 21.7 Å². The lowest BCUT2D eigenvalue weighted by molar-refractivity contribution is 0.554. The average molecular weight is 299 g/mol. The Morgan fingerprint density at radius 1 is 1.37 bits per heavy atom. The van der Waals surface area contributed by atoms with Gasteiger partial charge in [-0.15, -0.1) is 0 Å². The van der Waals surface area contributed by atoms with Gasteiger partial charge in [0.25, 0.3) is 0 Å². The summed E-state index contributed by atoms with van der Waals surface area (Å²) in [6, 6.07) is 5.86. The Bertz CT molecular complexity index is 513. The third kappa shape index (κ3) is 3.93. The van der Waals surface area contributed by atoms with Crippen LogP contribution in [0.15, 0.2) is 24.5 Å². The summed E-state index contributed by atoms with van der Waals surface area (Å²) in [4.78, 5) is 4.08. The minimum absolute atomic E-state index is 0.168. The highest BCUT2D eigenvalue weighted by molar-refractivity contribution is 6.42. The van der Waals surface area contributed by atoms with Gasteiger partial charge in [-0.2, -0.15) is 5.10 Å². The molecule has 1 unspecified atom stereocenters. The van der Waals surface area contributed by atoms with Gasteiger partial charge in [0.05, 0.1) is 10.0 Å². The fraction of sp³-hybridized carbons (Fsp3) is 0.385. The van der Waals surface area contributed by atoms with Crippen LogP contribution < -0.4 is 5.32 Å². The van der Waals surface area contributed by atoms with Gasteiger partial charge in [-0.1, -0.05) is 35.3 Å². The summed E-state index contributed by atoms with van der Waals surface area (Å²) in [6.45, 7) is 2.96. The smallest absolute Gasteiger partial charge is 0.137 e. The second-order valence-corrected chi connectivity index (χ2v) is 5.14. The second-order valence-electron chi connectivity index (χ2n) is 4.35. The van der Waals surface area contributed by atoms with Crippen LogP contribution in [0.2, 0.25) is 10.0 Å². The van der Waals surface area contributed by atoms with Crippen LogP contribution >= 0.6 is 23.2 Å². The second kappa shape index (κ2) is 6.89. The average Bonchev–Trinajstić information content (AvgIpc) is 2.91. The Morgan fingerprint density at radius 3 is 2.95 bits per heavy atom. The lowest BCUT2D eigenvalue weighted by Crippen LogP contribution is -2.20. The van der Waals surface area contributed by atoms with E-state index in [9.17, 15) is 0 Å². The van der Waals surface area contributed by atoms with Gasteiger partial charge in [0.2, 0.25) is 0 Å². The van der Waals surface area contributed by atoms with E-state index in [0.29, 0.717) is 10.0 Å². The van der Waals surface area contributed by atoms with Crippen molar-refractivity contribution in [3.8, 4) is 0 Å². The van der Waals surface area contributed by atoms with Gasteiger partial charge in [0, 0.05) is 12.5 Å². The molecule has 2 rings (SSSR count). The van der Waals surface area contributed by atoms with Gasteiger partial charge < -0.3 is 5.32 Å². The van der Waals surface area contributed by atoms with Crippen molar-refractivity contribution in [2.45, 2.75) is 25.8 Å². The summed E-state index contributed by atoms with van der Waals surface area (Å²) in [5, 5.41) is 11.3. The van der Waals surface area contributed by atoms with Crippen LogP contribution in [0.5, 0.6) is 0 Å². The zero-order chi connectivity index (χ0) is 13.7. The molecule has 0 aliphatic carbocycles. The molecule has 0 spiro atoms. The van der Waals surface area contributed by atoms with Gasteiger partial charge >= 0.3 is 0 Å². The number of hydrogen-bond acceptors (Lipinski definition) is 3. The van der Waals surface area contributed by atoms with Crippen molar-refractivity contribution in [2.75, 3.05) is 6.54 Å². The summed E-state index contributed by atoms with van der Waals surface area (Å²) in [5.74, 6) is 0.912. The molecule has 0 radical (unpaired) electrons. The molecule has 0 bridgehead atoms. The van der Waals surface area contributed by atoms with Crippen LogP contribution in [0, 0.1) is 0 Å². The predicted molar refractivity (Wildman–Crippen MR) is 77.6 cm³/mol. The fourth-order valence-electron chi connectivity index (χ4n) is 1.89. The molecule has 0 fully saturated rings. The quantitative estimate of drug-likeness (QED) is 0.804. The van der Waals surface area contributed by atoms with Gasteiger partial charge in [0.15, 0.2) is 0 Å². The van der Waals surface area contributed by atoms with E-state index in [2.05, 4.69) is 27.4 Å². The Kier molecular flexibility index (Phi) is 5.19. The van der Waals surface area contributed by atoms with Crippen molar-refractivity contribution in [3.05, 3.63) is 46.0 Å². The topological polar surface area (TPSA) is 53.6 Å². The highest BCUT2D eigenvalue weighted by Gasteiger charge is 2.10. The van der Waals surface area contributed by atoms with Crippen molar-refractivity contribution >= 4 is 23.2 Å². The highest BCUT2D eigenvalue weighted by atomic mass is 35.5. The Morgan fingerprint density at radius 2 is 2.21 bits per heavy atom. The van der Waals surface area contributed by atoms with Crippen molar-refractivity contribution in [3.63, 3.8) is 0 Å². The lowest BCUT2D eigenvalue weighted by Gasteiger charge is -2.16. The molecule has 0 aliphatic heterocycles. The monoisotopic (exact) mass is 298 g/mol. The molecule has 0 aliphatic rings. The molecule has 6 heteroatoms. The van der Waals surface area contributed by atoms with Gasteiger partial charge in [0.1, 0.15) is 12.2 Å². The molecule has 0 saturated heterocycles. The molecule has 0 amide bonds. The van der Waals surface area contributed by atoms with Crippen LogP contribution in [0.25, 0.3) is 0 Å². The number of benzene rings is 1. The first-order valence-electron chi connectivity index (χ1n) is 6.20. The number of nitrogens with zero attached hydrogens (tertiary/aromatic N) is 2. The number of aryl methyl sites for hydroxylation is 1. The van der Waals surface area contributed by atoms with E-state index in [1.54, 1.807) is 6.07 Å². The normalized spacial score (nSPS) is 12.6. The maximum absolute atomic E-state index is 6.19. The van der Waals surface area contributed by atoms with Crippen molar-refractivity contribution < 1.29 is 0 Å². The summed E-state index contributed by atoms with van der Waals surface area (Å²) in [6.07, 6.45) is 3.39. The molecule has 2 aromatic rings. The molecule has 4 nitrogen and oxygen atoms in total. The molecule has 2 N–H and O–H groups in total. The number of hydrogen-bond donors (Lipinski definition) is 2. The van der Waals surface area contributed by atoms with Crippen molar-refractivity contribution in [1.29, 1.82) is 0 Å². The summed E-state index contributed by atoms with van der Waals surface area (Å²) in [7, 11) is 0. The minimum atomic E-state index is 0.168. The number of aromatic nitrogens is 3. The lowest BCUT2D eigenvalue weighted by atomic mass is 10.1. The van der Waals surface area contributed by atoms with E-state index in [-0.39, 0.29) is 6.04 Å². The van der Waals surface area contributed by atoms with E-state index in [4.69, 9.17) is 23.2 Å². The van der Waals surface area contributed by atoms with Crippen LogP contribution in [0.1, 0.15) is 30.8 Å². The third-order valence-electron chi connectivity index (χ3n) is 2.95. The van der Waals surface area contributed by atoms with Crippen LogP contribution in [-0.2, 0) is 6.42 Å².